The molecule has 0 spiro atoms. The lowest BCUT2D eigenvalue weighted by Gasteiger charge is -2.51. The average molecular weight is 546 g/mol. The molecule has 204 valence electrons. The van der Waals surface area contributed by atoms with E-state index in [9.17, 15) is 10.6 Å². The van der Waals surface area contributed by atoms with Crippen molar-refractivity contribution in [3.05, 3.63) is 106 Å². The Labute approximate surface area is 230 Å². The van der Waals surface area contributed by atoms with Gasteiger partial charge in [-0.25, -0.2) is 0 Å². The number of aryl methyl sites for hydroxylation is 1. The number of fused-ring (bicyclic) bond motifs is 1. The van der Waals surface area contributed by atoms with Crippen LogP contribution in [-0.2, 0) is 18.6 Å². The standard InChI is InChI=1S/C30H35N3O5Si/c1-20-15-17-21(18-16-20)28-35-19-24-27(37-28)26(34)25(32-33-31)29(36-24)38-39(30(2,3)4,22-11-7-5-8-12-22)23-13-9-6-10-14-23/h5-18,24-29,34H,19H2,1-4H3/t24?,25?,26-,27-,28?,29+/m1/s1. The minimum atomic E-state index is -3.07. The van der Waals surface area contributed by atoms with Crippen LogP contribution in [0.2, 0.25) is 5.04 Å². The summed E-state index contributed by atoms with van der Waals surface area (Å²) in [5.41, 5.74) is 11.5. The van der Waals surface area contributed by atoms with E-state index in [4.69, 9.17) is 18.6 Å². The van der Waals surface area contributed by atoms with E-state index in [0.717, 1.165) is 21.5 Å². The molecule has 1 N–H and O–H groups in total. The predicted octanol–water partition coefficient (Wildman–Crippen LogP) is 4.75. The van der Waals surface area contributed by atoms with Gasteiger partial charge >= 0.3 is 0 Å². The zero-order valence-corrected chi connectivity index (χ0v) is 23.7. The van der Waals surface area contributed by atoms with E-state index in [-0.39, 0.29) is 11.6 Å². The van der Waals surface area contributed by atoms with E-state index in [0.29, 0.717) is 0 Å². The molecule has 0 aliphatic carbocycles. The second-order valence-electron chi connectivity index (χ2n) is 11.2. The van der Waals surface area contributed by atoms with Crippen LogP contribution >= 0.6 is 0 Å². The van der Waals surface area contributed by atoms with Crippen molar-refractivity contribution in [2.45, 2.75) is 69.7 Å². The van der Waals surface area contributed by atoms with E-state index < -0.39 is 45.3 Å². The number of benzene rings is 3. The van der Waals surface area contributed by atoms with E-state index >= 15 is 0 Å². The Hall–Kier alpha value is -3.01. The molecule has 6 atom stereocenters. The van der Waals surface area contributed by atoms with Gasteiger partial charge < -0.3 is 23.7 Å². The molecule has 8 nitrogen and oxygen atoms in total. The van der Waals surface area contributed by atoms with Crippen molar-refractivity contribution in [2.24, 2.45) is 5.11 Å². The summed E-state index contributed by atoms with van der Waals surface area (Å²) in [7, 11) is -3.07. The van der Waals surface area contributed by atoms with E-state index in [1.165, 1.54) is 0 Å². The minimum Gasteiger partial charge on any atom is -0.390 e. The molecule has 2 saturated heterocycles. The van der Waals surface area contributed by atoms with Crippen LogP contribution in [0.3, 0.4) is 0 Å². The van der Waals surface area contributed by atoms with Crippen molar-refractivity contribution in [1.29, 1.82) is 0 Å². The fraction of sp³-hybridized carbons (Fsp3) is 0.400. The molecule has 39 heavy (non-hydrogen) atoms. The highest BCUT2D eigenvalue weighted by atomic mass is 28.4. The van der Waals surface area contributed by atoms with Gasteiger partial charge in [0.05, 0.1) is 12.7 Å². The first-order valence-corrected chi connectivity index (χ1v) is 15.2. The summed E-state index contributed by atoms with van der Waals surface area (Å²) in [5.74, 6) is 0. The molecule has 5 rings (SSSR count). The molecule has 3 aromatic carbocycles. The zero-order valence-electron chi connectivity index (χ0n) is 22.7. The molecule has 0 aromatic heterocycles. The van der Waals surface area contributed by atoms with Crippen molar-refractivity contribution >= 4 is 18.7 Å². The maximum atomic E-state index is 11.5. The fourth-order valence-corrected chi connectivity index (χ4v) is 10.2. The van der Waals surface area contributed by atoms with Crippen LogP contribution in [0, 0.1) is 6.92 Å². The summed E-state index contributed by atoms with van der Waals surface area (Å²) in [5, 5.41) is 17.3. The number of rotatable bonds is 6. The quantitative estimate of drug-likeness (QED) is 0.208. The first-order valence-electron chi connectivity index (χ1n) is 13.2. The lowest BCUT2D eigenvalue weighted by molar-refractivity contribution is -0.332. The lowest BCUT2D eigenvalue weighted by Crippen LogP contribution is -2.71. The molecular formula is C30H35N3O5Si. The van der Waals surface area contributed by atoms with Crippen molar-refractivity contribution in [1.82, 2.24) is 0 Å². The number of aliphatic hydroxyl groups is 1. The monoisotopic (exact) mass is 545 g/mol. The summed E-state index contributed by atoms with van der Waals surface area (Å²) in [6, 6.07) is 27.1. The molecule has 9 heteroatoms. The van der Waals surface area contributed by atoms with Crippen LogP contribution in [0.25, 0.3) is 10.4 Å². The third kappa shape index (κ3) is 5.27. The third-order valence-corrected chi connectivity index (χ3v) is 12.6. The van der Waals surface area contributed by atoms with Gasteiger partial charge in [-0.15, -0.1) is 0 Å². The largest absolute Gasteiger partial charge is 0.390 e. The normalized spacial score (nSPS) is 27.3. The summed E-state index contributed by atoms with van der Waals surface area (Å²) in [4.78, 5) is 3.06. The highest BCUT2D eigenvalue weighted by Gasteiger charge is 2.56. The molecule has 3 unspecified atom stereocenters. The Morgan fingerprint density at radius 3 is 2.05 bits per heavy atom. The van der Waals surface area contributed by atoms with Crippen LogP contribution in [0.5, 0.6) is 0 Å². The van der Waals surface area contributed by atoms with E-state index in [1.54, 1.807) is 0 Å². The Morgan fingerprint density at radius 1 is 0.923 bits per heavy atom. The maximum absolute atomic E-state index is 11.5. The molecule has 2 heterocycles. The van der Waals surface area contributed by atoms with Gasteiger partial charge in [-0.2, -0.15) is 0 Å². The van der Waals surface area contributed by atoms with Crippen LogP contribution in [0.4, 0.5) is 0 Å². The first-order chi connectivity index (χ1) is 18.7. The number of hydrogen-bond donors (Lipinski definition) is 1. The smallest absolute Gasteiger partial charge is 0.264 e. The average Bonchev–Trinajstić information content (AvgIpc) is 2.94. The topological polar surface area (TPSA) is 106 Å². The van der Waals surface area contributed by atoms with Crippen LogP contribution in [-0.4, -0.2) is 50.7 Å². The SMILES string of the molecule is Cc1ccc(C2OCC3O[C@@H](O[Si](c4ccccc4)(c4ccccc4)C(C)(C)C)C(N=[N+]=[N-])[C@@H](O)[C@@H]3O2)cc1. The van der Waals surface area contributed by atoms with Crippen LogP contribution < -0.4 is 10.4 Å². The first kappa shape index (κ1) is 27.5. The van der Waals surface area contributed by atoms with Gasteiger partial charge in [0, 0.05) is 10.5 Å². The van der Waals surface area contributed by atoms with Gasteiger partial charge in [0.15, 0.2) is 12.6 Å². The van der Waals surface area contributed by atoms with Crippen LogP contribution in [0.15, 0.2) is 90.0 Å². The molecule has 2 aliphatic heterocycles. The van der Waals surface area contributed by atoms with Crippen LogP contribution in [0.1, 0.15) is 38.2 Å². The Kier molecular flexibility index (Phi) is 7.93. The highest BCUT2D eigenvalue weighted by molar-refractivity contribution is 6.99. The van der Waals surface area contributed by atoms with Gasteiger partial charge in [-0.05, 0) is 27.9 Å². The van der Waals surface area contributed by atoms with Gasteiger partial charge in [0.25, 0.3) is 8.32 Å². The fourth-order valence-electron chi connectivity index (χ4n) is 5.62. The Morgan fingerprint density at radius 2 is 1.51 bits per heavy atom. The van der Waals surface area contributed by atoms with Crippen molar-refractivity contribution in [2.75, 3.05) is 6.61 Å². The molecule has 2 fully saturated rings. The van der Waals surface area contributed by atoms with E-state index in [2.05, 4.69) is 55.1 Å². The molecular weight excluding hydrogens is 510 g/mol. The molecule has 0 amide bonds. The van der Waals surface area contributed by atoms with E-state index in [1.807, 2.05) is 67.6 Å². The molecule has 0 radical (unpaired) electrons. The summed E-state index contributed by atoms with van der Waals surface area (Å²) in [6.45, 7) is 8.68. The van der Waals surface area contributed by atoms with Gasteiger partial charge in [0.1, 0.15) is 18.2 Å². The number of nitrogens with zero attached hydrogens (tertiary/aromatic N) is 3. The lowest BCUT2D eigenvalue weighted by atomic mass is 9.96. The zero-order chi connectivity index (χ0) is 27.6. The highest BCUT2D eigenvalue weighted by Crippen LogP contribution is 2.41. The van der Waals surface area contributed by atoms with Gasteiger partial charge in [-0.1, -0.05) is 116 Å². The molecule has 0 saturated carbocycles. The second-order valence-corrected chi connectivity index (χ2v) is 15.4. The number of hydrogen-bond acceptors (Lipinski definition) is 6. The van der Waals surface area contributed by atoms with Gasteiger partial charge in [0.2, 0.25) is 0 Å². The Balaban J connectivity index is 1.51. The predicted molar refractivity (Wildman–Crippen MR) is 151 cm³/mol. The molecule has 0 bridgehead atoms. The summed E-state index contributed by atoms with van der Waals surface area (Å²) in [6.07, 6.45) is -4.17. The summed E-state index contributed by atoms with van der Waals surface area (Å²) < 4.78 is 25.8. The number of aliphatic hydroxyl groups excluding tert-OH is 1. The molecule has 2 aliphatic rings. The van der Waals surface area contributed by atoms with Crippen molar-refractivity contribution in [3.63, 3.8) is 0 Å². The minimum absolute atomic E-state index is 0.198. The second kappa shape index (κ2) is 11.2. The molecule has 3 aromatic rings. The number of azide groups is 1. The Bertz CT molecular complexity index is 1260. The van der Waals surface area contributed by atoms with Crippen molar-refractivity contribution < 1.29 is 23.7 Å². The maximum Gasteiger partial charge on any atom is 0.264 e. The third-order valence-electron chi connectivity index (χ3n) is 7.58. The summed E-state index contributed by atoms with van der Waals surface area (Å²) >= 11 is 0. The van der Waals surface area contributed by atoms with Gasteiger partial charge in [-0.3, -0.25) is 0 Å². The van der Waals surface area contributed by atoms with Crippen molar-refractivity contribution in [3.8, 4) is 0 Å². The number of ether oxygens (including phenoxy) is 3.